The molecule has 0 aromatic heterocycles. The molecular weight excluding hydrogens is 721 g/mol. The van der Waals surface area contributed by atoms with Crippen LogP contribution in [-0.2, 0) is 28.6 Å². The maximum Gasteiger partial charge on any atom is 0.306 e. The Kier molecular flexibility index (Phi) is 43.7. The Bertz CT molecular complexity index is 889. The van der Waals surface area contributed by atoms with E-state index in [4.69, 9.17) is 14.2 Å². The lowest BCUT2D eigenvalue weighted by Gasteiger charge is -2.18. The first-order valence-corrected chi connectivity index (χ1v) is 25.8. The third kappa shape index (κ3) is 42.5. The molecule has 2 unspecified atom stereocenters. The van der Waals surface area contributed by atoms with Gasteiger partial charge in [0, 0.05) is 19.3 Å². The fourth-order valence-electron chi connectivity index (χ4n) is 7.75. The van der Waals surface area contributed by atoms with Gasteiger partial charge in [-0.15, -0.1) is 0 Å². The summed E-state index contributed by atoms with van der Waals surface area (Å²) in [7, 11) is 0. The van der Waals surface area contributed by atoms with Crippen LogP contribution in [0.2, 0.25) is 0 Å². The molecule has 0 radical (unpaired) electrons. The van der Waals surface area contributed by atoms with Crippen LogP contribution in [0.5, 0.6) is 0 Å². The van der Waals surface area contributed by atoms with E-state index in [-0.39, 0.29) is 31.1 Å². The summed E-state index contributed by atoms with van der Waals surface area (Å²) in [4.78, 5) is 37.9. The molecule has 0 saturated carbocycles. The van der Waals surface area contributed by atoms with Crippen LogP contribution in [0.15, 0.2) is 0 Å². The van der Waals surface area contributed by atoms with Crippen molar-refractivity contribution < 1.29 is 28.6 Å². The van der Waals surface area contributed by atoms with E-state index in [1.165, 1.54) is 173 Å². The van der Waals surface area contributed by atoms with Gasteiger partial charge in [-0.2, -0.15) is 0 Å². The van der Waals surface area contributed by atoms with Gasteiger partial charge in [0.25, 0.3) is 0 Å². The molecule has 0 amide bonds. The van der Waals surface area contributed by atoms with Crippen molar-refractivity contribution in [1.29, 1.82) is 0 Å². The van der Waals surface area contributed by atoms with Gasteiger partial charge in [-0.05, 0) is 31.1 Å². The number of esters is 3. The van der Waals surface area contributed by atoms with Crippen molar-refractivity contribution in [3.63, 3.8) is 0 Å². The monoisotopic (exact) mass is 821 g/mol. The van der Waals surface area contributed by atoms with E-state index in [9.17, 15) is 14.4 Å². The number of hydrogen-bond donors (Lipinski definition) is 0. The molecule has 3 atom stereocenters. The Morgan fingerprint density at radius 2 is 0.603 bits per heavy atom. The molecule has 0 heterocycles. The highest BCUT2D eigenvalue weighted by molar-refractivity contribution is 5.71. The van der Waals surface area contributed by atoms with E-state index in [2.05, 4.69) is 34.6 Å². The second kappa shape index (κ2) is 44.9. The molecule has 0 saturated heterocycles. The van der Waals surface area contributed by atoms with Gasteiger partial charge in [-0.25, -0.2) is 0 Å². The second-order valence-corrected chi connectivity index (χ2v) is 18.3. The van der Waals surface area contributed by atoms with Gasteiger partial charge in [0.05, 0.1) is 0 Å². The average Bonchev–Trinajstić information content (AvgIpc) is 3.22. The fraction of sp³-hybridized carbons (Fsp3) is 0.942. The van der Waals surface area contributed by atoms with Crippen molar-refractivity contribution in [3.8, 4) is 0 Å². The number of carbonyl (C=O) groups excluding carboxylic acids is 3. The number of unbranched alkanes of at least 4 members (excludes halogenated alkanes) is 29. The molecule has 0 fully saturated rings. The second-order valence-electron chi connectivity index (χ2n) is 18.3. The topological polar surface area (TPSA) is 78.9 Å². The van der Waals surface area contributed by atoms with Gasteiger partial charge >= 0.3 is 17.9 Å². The van der Waals surface area contributed by atoms with E-state index in [0.29, 0.717) is 19.3 Å². The van der Waals surface area contributed by atoms with Crippen molar-refractivity contribution in [2.24, 2.45) is 11.8 Å². The zero-order valence-corrected chi connectivity index (χ0v) is 39.7. The minimum atomic E-state index is -0.762. The van der Waals surface area contributed by atoms with Crippen molar-refractivity contribution in [1.82, 2.24) is 0 Å². The first-order chi connectivity index (χ1) is 28.3. The fourth-order valence-corrected chi connectivity index (χ4v) is 7.75. The smallest absolute Gasteiger partial charge is 0.306 e. The van der Waals surface area contributed by atoms with Crippen LogP contribution in [0.4, 0.5) is 0 Å². The number of ether oxygens (including phenoxy) is 3. The zero-order chi connectivity index (χ0) is 42.6. The number of rotatable bonds is 46. The van der Waals surface area contributed by atoms with E-state index in [1.54, 1.807) is 0 Å². The van der Waals surface area contributed by atoms with E-state index in [1.807, 2.05) is 0 Å². The highest BCUT2D eigenvalue weighted by atomic mass is 16.6. The summed E-state index contributed by atoms with van der Waals surface area (Å²) in [5.74, 6) is 0.803. The Morgan fingerprint density at radius 3 is 0.897 bits per heavy atom. The third-order valence-corrected chi connectivity index (χ3v) is 12.4. The summed E-state index contributed by atoms with van der Waals surface area (Å²) in [5.41, 5.74) is 0. The maximum absolute atomic E-state index is 12.7. The Hall–Kier alpha value is -1.59. The first kappa shape index (κ1) is 56.4. The highest BCUT2D eigenvalue weighted by Crippen LogP contribution is 2.18. The molecule has 58 heavy (non-hydrogen) atoms. The molecule has 0 aliphatic rings. The largest absolute Gasteiger partial charge is 0.462 e. The summed E-state index contributed by atoms with van der Waals surface area (Å²) in [5, 5.41) is 0. The van der Waals surface area contributed by atoms with E-state index in [0.717, 1.165) is 69.6 Å². The third-order valence-electron chi connectivity index (χ3n) is 12.4. The van der Waals surface area contributed by atoms with Gasteiger partial charge in [0.2, 0.25) is 0 Å². The molecular formula is C52H100O6. The molecule has 0 aliphatic heterocycles. The van der Waals surface area contributed by atoms with Crippen LogP contribution >= 0.6 is 0 Å². The quantitative estimate of drug-likeness (QED) is 0.0346. The van der Waals surface area contributed by atoms with Crippen LogP contribution < -0.4 is 0 Å². The molecule has 0 aliphatic carbocycles. The van der Waals surface area contributed by atoms with Crippen LogP contribution in [0.25, 0.3) is 0 Å². The predicted octanol–water partition coefficient (Wildman–Crippen LogP) is 16.5. The van der Waals surface area contributed by atoms with Gasteiger partial charge in [-0.3, -0.25) is 14.4 Å². The lowest BCUT2D eigenvalue weighted by atomic mass is 9.99. The van der Waals surface area contributed by atoms with Gasteiger partial charge in [-0.1, -0.05) is 247 Å². The van der Waals surface area contributed by atoms with Gasteiger partial charge < -0.3 is 14.2 Å². The SMILES string of the molecule is CCCCCCCCCCCCCCCCCCCCC(=O)OC[C@H](COC(=O)CCCCCCCCCCC(C)CC)OC(=O)CCCCCCCCC(C)CC. The molecule has 0 aromatic rings. The summed E-state index contributed by atoms with van der Waals surface area (Å²) in [6.45, 7) is 11.3. The van der Waals surface area contributed by atoms with E-state index < -0.39 is 6.10 Å². The lowest BCUT2D eigenvalue weighted by Crippen LogP contribution is -2.30. The van der Waals surface area contributed by atoms with Gasteiger partial charge in [0.1, 0.15) is 13.2 Å². The molecule has 0 N–H and O–H groups in total. The van der Waals surface area contributed by atoms with Crippen molar-refractivity contribution in [2.75, 3.05) is 13.2 Å². The number of hydrogen-bond acceptors (Lipinski definition) is 6. The minimum Gasteiger partial charge on any atom is -0.462 e. The van der Waals surface area contributed by atoms with Crippen LogP contribution in [0.3, 0.4) is 0 Å². The highest BCUT2D eigenvalue weighted by Gasteiger charge is 2.19. The Morgan fingerprint density at radius 1 is 0.345 bits per heavy atom. The molecule has 344 valence electrons. The van der Waals surface area contributed by atoms with Crippen LogP contribution in [0.1, 0.15) is 285 Å². The number of carbonyl (C=O) groups is 3. The van der Waals surface area contributed by atoms with Crippen LogP contribution in [-0.4, -0.2) is 37.2 Å². The van der Waals surface area contributed by atoms with E-state index >= 15 is 0 Å². The zero-order valence-electron chi connectivity index (χ0n) is 39.7. The summed E-state index contributed by atoms with van der Waals surface area (Å²) in [6.07, 6.45) is 45.2. The molecule has 6 nitrogen and oxygen atoms in total. The van der Waals surface area contributed by atoms with Crippen molar-refractivity contribution >= 4 is 17.9 Å². The minimum absolute atomic E-state index is 0.0650. The lowest BCUT2D eigenvalue weighted by molar-refractivity contribution is -0.167. The average molecular weight is 821 g/mol. The molecule has 6 heteroatoms. The predicted molar refractivity (Wildman–Crippen MR) is 247 cm³/mol. The summed E-state index contributed by atoms with van der Waals surface area (Å²) >= 11 is 0. The Labute approximate surface area is 361 Å². The van der Waals surface area contributed by atoms with Crippen LogP contribution in [0, 0.1) is 11.8 Å². The molecule has 0 spiro atoms. The normalized spacial score (nSPS) is 13.0. The van der Waals surface area contributed by atoms with Crippen molar-refractivity contribution in [2.45, 2.75) is 291 Å². The summed E-state index contributed by atoms with van der Waals surface area (Å²) in [6, 6.07) is 0. The molecule has 0 aromatic carbocycles. The molecule has 0 rings (SSSR count). The Balaban J connectivity index is 4.26. The first-order valence-electron chi connectivity index (χ1n) is 25.8. The van der Waals surface area contributed by atoms with Gasteiger partial charge in [0.15, 0.2) is 6.10 Å². The standard InChI is InChI=1S/C52H100O6/c1-6-9-10-11-12-13-14-15-16-17-18-19-20-21-22-26-32-37-42-50(53)56-45-49(58-52(55)44-39-34-29-28-31-36-41-48(5)8-3)46-57-51(54)43-38-33-27-24-23-25-30-35-40-47(4)7-2/h47-49H,6-46H2,1-5H3/t47?,48?,49-/m1/s1. The molecule has 0 bridgehead atoms. The summed E-state index contributed by atoms with van der Waals surface area (Å²) < 4.78 is 16.8. The maximum atomic E-state index is 12.7. The van der Waals surface area contributed by atoms with Crippen molar-refractivity contribution in [3.05, 3.63) is 0 Å².